The van der Waals surface area contributed by atoms with E-state index >= 15 is 0 Å². The summed E-state index contributed by atoms with van der Waals surface area (Å²) in [6, 6.07) is 2.75. The Labute approximate surface area is 132 Å². The van der Waals surface area contributed by atoms with E-state index in [-0.39, 0.29) is 43.3 Å². The maximum absolute atomic E-state index is 11.0. The van der Waals surface area contributed by atoms with Crippen LogP contribution in [0.1, 0.15) is 5.56 Å². The molecule has 0 aliphatic rings. The van der Waals surface area contributed by atoms with Crippen LogP contribution >= 0.6 is 15.2 Å². The van der Waals surface area contributed by atoms with Gasteiger partial charge in [-0.2, -0.15) is 0 Å². The molecular weight excluding hydrogens is 312 g/mol. The monoisotopic (exact) mass is 323 g/mol. The molecule has 11 heteroatoms. The normalized spacial score (nSPS) is 12.9. The van der Waals surface area contributed by atoms with Crippen molar-refractivity contribution in [2.75, 3.05) is 0 Å². The molecule has 1 rings (SSSR count). The Morgan fingerprint density at radius 1 is 1.17 bits per heavy atom. The van der Waals surface area contributed by atoms with Crippen LogP contribution in [-0.2, 0) is 15.6 Å². The smallest absolute Gasteiger partial charge is 0.367 e. The van der Waals surface area contributed by atoms with Crippen molar-refractivity contribution in [2.45, 2.75) is 11.5 Å². The summed E-state index contributed by atoms with van der Waals surface area (Å²) in [4.78, 5) is 39.1. The second-order valence-corrected chi connectivity index (χ2v) is 7.41. The number of aliphatic hydroxyl groups is 1. The van der Waals surface area contributed by atoms with Gasteiger partial charge >= 0.3 is 15.2 Å². The number of aromatic nitrogens is 1. The fourth-order valence-corrected chi connectivity index (χ4v) is 3.29. The predicted octanol–water partition coefficient (Wildman–Crippen LogP) is -0.755. The van der Waals surface area contributed by atoms with Crippen LogP contribution in [0.5, 0.6) is 0 Å². The van der Waals surface area contributed by atoms with Gasteiger partial charge in [0.15, 0.2) is 0 Å². The van der Waals surface area contributed by atoms with Gasteiger partial charge in [-0.05, 0) is 11.6 Å². The van der Waals surface area contributed by atoms with E-state index in [1.165, 1.54) is 18.3 Å². The molecule has 0 amide bonds. The molecule has 1 heterocycles. The summed E-state index contributed by atoms with van der Waals surface area (Å²) < 4.78 is 22.1. The fraction of sp³-hybridized carbons (Fsp3) is 0.286. The van der Waals surface area contributed by atoms with Gasteiger partial charge in [-0.1, -0.05) is 6.07 Å². The molecule has 0 spiro atoms. The Morgan fingerprint density at radius 3 is 2.00 bits per heavy atom. The van der Waals surface area contributed by atoms with Crippen molar-refractivity contribution in [3.05, 3.63) is 30.1 Å². The largest absolute Gasteiger partial charge is 0.369 e. The molecule has 0 aliphatic heterocycles. The van der Waals surface area contributed by atoms with Gasteiger partial charge in [-0.15, -0.1) is 0 Å². The van der Waals surface area contributed by atoms with E-state index in [1.54, 1.807) is 0 Å². The van der Waals surface area contributed by atoms with Crippen molar-refractivity contribution in [3.63, 3.8) is 0 Å². The van der Waals surface area contributed by atoms with Gasteiger partial charge in [0.2, 0.25) is 0 Å². The molecule has 1 aromatic heterocycles. The Hall–Kier alpha value is 0.670. The van der Waals surface area contributed by atoms with Gasteiger partial charge in [0.1, 0.15) is 0 Å². The molecule has 0 aliphatic carbocycles. The zero-order valence-electron chi connectivity index (χ0n) is 9.12. The van der Waals surface area contributed by atoms with Crippen molar-refractivity contribution >= 4 is 52.9 Å². The summed E-state index contributed by atoms with van der Waals surface area (Å²) in [5.74, 6) is 0. The van der Waals surface area contributed by atoms with Gasteiger partial charge in [-0.25, -0.2) is 0 Å². The van der Waals surface area contributed by atoms with Crippen LogP contribution in [0.4, 0.5) is 0 Å². The van der Waals surface area contributed by atoms with Crippen LogP contribution in [0, 0.1) is 0 Å². The molecule has 1 aromatic rings. The number of hydrogen-bond acceptors (Lipinski definition) is 4. The molecule has 8 nitrogen and oxygen atoms in total. The Balaban J connectivity index is 0.00000289. The van der Waals surface area contributed by atoms with E-state index in [9.17, 15) is 14.2 Å². The zero-order valence-corrected chi connectivity index (χ0v) is 13.1. The topological polar surface area (TPSA) is 148 Å². The Kier molecular flexibility index (Phi) is 6.65. The second kappa shape index (κ2) is 6.41. The Morgan fingerprint density at radius 2 is 1.67 bits per heavy atom. The number of rotatable bonds is 4. The quantitative estimate of drug-likeness (QED) is 0.359. The molecule has 0 unspecified atom stereocenters. The molecular formula is C7H11CaNO7P2. The molecule has 0 aromatic carbocycles. The van der Waals surface area contributed by atoms with Crippen molar-refractivity contribution in [1.29, 1.82) is 0 Å². The standard InChI is InChI=1S/C7H11NO7P2.Ca/c9-7(16(10,11)12,17(13,14)15)4-6-2-1-3-8-5-6;/h1-3,5,9H,4H2,(H2,10,11,12)(H2,13,14,15);. The number of hydrogen-bond donors (Lipinski definition) is 5. The average molecular weight is 323 g/mol. The first-order valence-corrected chi connectivity index (χ1v) is 7.53. The van der Waals surface area contributed by atoms with Crippen molar-refractivity contribution in [3.8, 4) is 0 Å². The van der Waals surface area contributed by atoms with Gasteiger partial charge < -0.3 is 24.7 Å². The summed E-state index contributed by atoms with van der Waals surface area (Å²) in [6.07, 6.45) is 1.63. The number of nitrogens with zero attached hydrogens (tertiary/aromatic N) is 1. The van der Waals surface area contributed by atoms with Gasteiger partial charge in [0, 0.05) is 56.6 Å². The third-order valence-electron chi connectivity index (χ3n) is 2.10. The molecule has 0 fully saturated rings. The van der Waals surface area contributed by atoms with Crippen LogP contribution in [-0.4, -0.2) is 72.5 Å². The third-order valence-corrected chi connectivity index (χ3v) is 5.84. The summed E-state index contributed by atoms with van der Waals surface area (Å²) in [5.41, 5.74) is 0.0988. The van der Waals surface area contributed by atoms with Crippen LogP contribution in [0.3, 0.4) is 0 Å². The van der Waals surface area contributed by atoms with Crippen molar-refractivity contribution < 1.29 is 33.8 Å². The second-order valence-electron chi connectivity index (χ2n) is 3.40. The molecule has 0 bridgehead atoms. The summed E-state index contributed by atoms with van der Waals surface area (Å²) in [5, 5.41) is 6.16. The van der Waals surface area contributed by atoms with Crippen molar-refractivity contribution in [2.24, 2.45) is 0 Å². The SMILES string of the molecule is O=P(O)(O)C(O)(Cc1cccnc1)P(=O)(O)O.[Ca]. The molecule has 98 valence electrons. The first kappa shape index (κ1) is 18.7. The Bertz CT molecular complexity index is 462. The first-order valence-electron chi connectivity index (χ1n) is 4.30. The van der Waals surface area contributed by atoms with E-state index in [0.717, 1.165) is 6.20 Å². The van der Waals surface area contributed by atoms with E-state index in [0.29, 0.717) is 0 Å². The predicted molar refractivity (Wildman–Crippen MR) is 62.7 cm³/mol. The van der Waals surface area contributed by atoms with Crippen molar-refractivity contribution in [1.82, 2.24) is 4.98 Å². The maximum Gasteiger partial charge on any atom is 0.369 e. The summed E-state index contributed by atoms with van der Waals surface area (Å²) in [7, 11) is -10.8. The molecule has 2 radical (unpaired) electrons. The minimum atomic E-state index is -5.41. The minimum Gasteiger partial charge on any atom is -0.367 e. The van der Waals surface area contributed by atoms with Gasteiger partial charge in [0.05, 0.1) is 0 Å². The molecule has 5 N–H and O–H groups in total. The van der Waals surface area contributed by atoms with E-state index < -0.39 is 26.7 Å². The average Bonchev–Trinajstić information content (AvgIpc) is 2.15. The van der Waals surface area contributed by atoms with Crippen LogP contribution < -0.4 is 0 Å². The fourth-order valence-electron chi connectivity index (χ4n) is 1.15. The molecule has 18 heavy (non-hydrogen) atoms. The number of pyridine rings is 1. The molecule has 0 atom stereocenters. The van der Waals surface area contributed by atoms with E-state index in [4.69, 9.17) is 19.6 Å². The molecule has 0 saturated carbocycles. The van der Waals surface area contributed by atoms with Gasteiger partial charge in [-0.3, -0.25) is 14.1 Å². The van der Waals surface area contributed by atoms with Gasteiger partial charge in [0.25, 0.3) is 5.08 Å². The van der Waals surface area contributed by atoms with Crippen LogP contribution in [0.15, 0.2) is 24.5 Å². The van der Waals surface area contributed by atoms with Crippen LogP contribution in [0.25, 0.3) is 0 Å². The maximum atomic E-state index is 11.0. The van der Waals surface area contributed by atoms with Crippen LogP contribution in [0.2, 0.25) is 0 Å². The first-order chi connectivity index (χ1) is 7.58. The summed E-state index contributed by atoms with van der Waals surface area (Å²) >= 11 is 0. The zero-order chi connectivity index (χ0) is 13.3. The summed E-state index contributed by atoms with van der Waals surface area (Å²) in [6.45, 7) is 0. The van der Waals surface area contributed by atoms with E-state index in [1.807, 2.05) is 0 Å². The third kappa shape index (κ3) is 4.08. The minimum absolute atomic E-state index is 0. The molecule has 0 saturated heterocycles. The van der Waals surface area contributed by atoms with E-state index in [2.05, 4.69) is 4.98 Å².